The molecule has 0 saturated carbocycles. The Morgan fingerprint density at radius 2 is 1.76 bits per heavy atom. The maximum Gasteiger partial charge on any atom is 0.263 e. The number of para-hydroxylation sites is 1. The zero-order valence-electron chi connectivity index (χ0n) is 17.4. The van der Waals surface area contributed by atoms with Gasteiger partial charge in [0.25, 0.3) is 10.0 Å². The first-order valence-electron chi connectivity index (χ1n) is 9.76. The number of nitrogens with zero attached hydrogens (tertiary/aromatic N) is 4. The van der Waals surface area contributed by atoms with Crippen molar-refractivity contribution in [2.45, 2.75) is 18.2 Å². The fourth-order valence-electron chi connectivity index (χ4n) is 3.36. The standard InChI is InChI=1S/C22H18N6O4S/c1-15(29)25-22-16(14-23)13-21(30)27(22)17-7-9-19(10-8-17)33(31,32)26-20-11-12-24-28(20)18-5-3-2-4-6-18/h2-12,26H,13H2,1H3,(H,25,29). The highest BCUT2D eigenvalue weighted by atomic mass is 32.2. The van der Waals surface area contributed by atoms with Gasteiger partial charge < -0.3 is 5.32 Å². The van der Waals surface area contributed by atoms with Crippen LogP contribution in [0.25, 0.3) is 5.69 Å². The molecule has 1 aliphatic heterocycles. The average Bonchev–Trinajstić information content (AvgIpc) is 3.37. The van der Waals surface area contributed by atoms with E-state index in [4.69, 9.17) is 0 Å². The molecule has 1 aliphatic rings. The Bertz CT molecular complexity index is 1400. The van der Waals surface area contributed by atoms with Crippen LogP contribution < -0.4 is 14.9 Å². The van der Waals surface area contributed by atoms with E-state index in [1.54, 1.807) is 12.1 Å². The molecule has 11 heteroatoms. The van der Waals surface area contributed by atoms with Crippen molar-refractivity contribution in [2.24, 2.45) is 0 Å². The smallest absolute Gasteiger partial charge is 0.263 e. The third kappa shape index (κ3) is 4.32. The van der Waals surface area contributed by atoms with Crippen molar-refractivity contribution in [1.29, 1.82) is 5.26 Å². The van der Waals surface area contributed by atoms with Gasteiger partial charge in [-0.2, -0.15) is 10.4 Å². The molecule has 2 N–H and O–H groups in total. The van der Waals surface area contributed by atoms with Gasteiger partial charge in [-0.3, -0.25) is 19.2 Å². The number of anilines is 2. The first-order valence-corrected chi connectivity index (χ1v) is 11.2. The van der Waals surface area contributed by atoms with E-state index in [1.807, 2.05) is 24.3 Å². The minimum atomic E-state index is -3.96. The highest BCUT2D eigenvalue weighted by molar-refractivity contribution is 7.92. The summed E-state index contributed by atoms with van der Waals surface area (Å²) in [6.07, 6.45) is 1.33. The molecule has 2 aromatic carbocycles. The Balaban J connectivity index is 1.61. The monoisotopic (exact) mass is 462 g/mol. The van der Waals surface area contributed by atoms with Crippen molar-refractivity contribution >= 4 is 33.3 Å². The quantitative estimate of drug-likeness (QED) is 0.577. The van der Waals surface area contributed by atoms with Crippen LogP contribution in [0.2, 0.25) is 0 Å². The summed E-state index contributed by atoms with van der Waals surface area (Å²) in [4.78, 5) is 25.1. The molecule has 0 atom stereocenters. The van der Waals surface area contributed by atoms with E-state index in [0.717, 1.165) is 0 Å². The van der Waals surface area contributed by atoms with Gasteiger partial charge >= 0.3 is 0 Å². The van der Waals surface area contributed by atoms with Gasteiger partial charge in [-0.25, -0.2) is 13.1 Å². The van der Waals surface area contributed by atoms with E-state index in [9.17, 15) is 23.3 Å². The molecule has 10 nitrogen and oxygen atoms in total. The molecular weight excluding hydrogens is 444 g/mol. The highest BCUT2D eigenvalue weighted by Gasteiger charge is 2.32. The zero-order chi connectivity index (χ0) is 23.6. The molecule has 0 saturated heterocycles. The van der Waals surface area contributed by atoms with Gasteiger partial charge in [0.2, 0.25) is 11.8 Å². The summed E-state index contributed by atoms with van der Waals surface area (Å²) < 4.78 is 29.9. The van der Waals surface area contributed by atoms with Gasteiger partial charge in [0.1, 0.15) is 11.6 Å². The average molecular weight is 462 g/mol. The predicted octanol–water partition coefficient (Wildman–Crippen LogP) is 2.28. The summed E-state index contributed by atoms with van der Waals surface area (Å²) in [5.74, 6) is -0.503. The number of amides is 2. The Kier molecular flexibility index (Phi) is 5.68. The van der Waals surface area contributed by atoms with Crippen LogP contribution in [-0.2, 0) is 19.6 Å². The second kappa shape index (κ2) is 8.60. The topological polar surface area (TPSA) is 137 Å². The van der Waals surface area contributed by atoms with E-state index in [2.05, 4.69) is 15.1 Å². The molecule has 0 spiro atoms. The summed E-state index contributed by atoms with van der Waals surface area (Å²) >= 11 is 0. The largest absolute Gasteiger partial charge is 0.311 e. The maximum absolute atomic E-state index is 12.9. The van der Waals surface area contributed by atoms with Crippen LogP contribution in [0.5, 0.6) is 0 Å². The molecule has 1 aromatic heterocycles. The molecule has 3 aromatic rings. The minimum absolute atomic E-state index is 0.0377. The van der Waals surface area contributed by atoms with Gasteiger partial charge in [0.15, 0.2) is 0 Å². The van der Waals surface area contributed by atoms with Crippen molar-refractivity contribution in [1.82, 2.24) is 15.1 Å². The minimum Gasteiger partial charge on any atom is -0.311 e. The number of sulfonamides is 1. The fraction of sp³-hybridized carbons (Fsp3) is 0.0909. The van der Waals surface area contributed by atoms with Crippen LogP contribution >= 0.6 is 0 Å². The third-order valence-corrected chi connectivity index (χ3v) is 6.17. The molecule has 2 amide bonds. The molecule has 0 radical (unpaired) electrons. The van der Waals surface area contributed by atoms with Crippen molar-refractivity contribution in [2.75, 3.05) is 9.62 Å². The van der Waals surface area contributed by atoms with Crippen LogP contribution in [0.4, 0.5) is 11.5 Å². The fourth-order valence-corrected chi connectivity index (χ4v) is 4.41. The zero-order valence-corrected chi connectivity index (χ0v) is 18.2. The lowest BCUT2D eigenvalue weighted by atomic mass is 10.2. The second-order valence-electron chi connectivity index (χ2n) is 7.09. The molecule has 4 rings (SSSR count). The summed E-state index contributed by atoms with van der Waals surface area (Å²) in [6, 6.07) is 18.1. The van der Waals surface area contributed by atoms with Gasteiger partial charge in [0, 0.05) is 13.0 Å². The van der Waals surface area contributed by atoms with Gasteiger partial charge in [-0.1, -0.05) is 18.2 Å². The van der Waals surface area contributed by atoms with Crippen LogP contribution in [0.1, 0.15) is 13.3 Å². The van der Waals surface area contributed by atoms with Crippen molar-refractivity contribution < 1.29 is 18.0 Å². The number of aromatic nitrogens is 2. The predicted molar refractivity (Wildman–Crippen MR) is 119 cm³/mol. The molecule has 2 heterocycles. The molecule has 0 bridgehead atoms. The molecule has 166 valence electrons. The van der Waals surface area contributed by atoms with Crippen LogP contribution in [0.15, 0.2) is 83.2 Å². The van der Waals surface area contributed by atoms with Crippen molar-refractivity contribution in [3.05, 3.63) is 78.3 Å². The molecule has 0 unspecified atom stereocenters. The van der Waals surface area contributed by atoms with Crippen LogP contribution in [-0.4, -0.2) is 30.0 Å². The number of carbonyl (C=O) groups excluding carboxylic acids is 2. The molecule has 0 fully saturated rings. The number of benzene rings is 2. The number of rotatable bonds is 6. The van der Waals surface area contributed by atoms with E-state index in [1.165, 1.54) is 53.0 Å². The van der Waals surface area contributed by atoms with E-state index in [-0.39, 0.29) is 28.5 Å². The summed E-state index contributed by atoms with van der Waals surface area (Å²) in [7, 11) is -3.96. The van der Waals surface area contributed by atoms with Crippen LogP contribution in [0.3, 0.4) is 0 Å². The lowest BCUT2D eigenvalue weighted by Gasteiger charge is -2.21. The number of carbonyl (C=O) groups is 2. The Hall–Kier alpha value is -4.43. The van der Waals surface area contributed by atoms with Crippen molar-refractivity contribution in [3.8, 4) is 11.8 Å². The summed E-state index contributed by atoms with van der Waals surface area (Å²) in [5.41, 5.74) is 1.14. The normalized spacial score (nSPS) is 13.7. The third-order valence-electron chi connectivity index (χ3n) is 4.80. The molecule has 0 aliphatic carbocycles. The highest BCUT2D eigenvalue weighted by Crippen LogP contribution is 2.30. The van der Waals surface area contributed by atoms with Gasteiger partial charge in [-0.15, -0.1) is 0 Å². The maximum atomic E-state index is 12.9. The molecular formula is C22H18N6O4S. The van der Waals surface area contributed by atoms with E-state index < -0.39 is 21.8 Å². The van der Waals surface area contributed by atoms with E-state index in [0.29, 0.717) is 11.4 Å². The Morgan fingerprint density at radius 3 is 2.39 bits per heavy atom. The number of hydrogen-bond acceptors (Lipinski definition) is 6. The SMILES string of the molecule is CC(=O)NC1=C(C#N)CC(=O)N1c1ccc(S(=O)(=O)Nc2ccnn2-c2ccccc2)cc1. The van der Waals surface area contributed by atoms with Gasteiger partial charge in [0.05, 0.1) is 40.5 Å². The first-order chi connectivity index (χ1) is 15.8. The molecule has 33 heavy (non-hydrogen) atoms. The summed E-state index contributed by atoms with van der Waals surface area (Å²) in [5, 5.41) is 15.9. The summed E-state index contributed by atoms with van der Waals surface area (Å²) in [6.45, 7) is 1.27. The lowest BCUT2D eigenvalue weighted by molar-refractivity contribution is -0.118. The van der Waals surface area contributed by atoms with E-state index >= 15 is 0 Å². The number of nitrogens with one attached hydrogen (secondary N) is 2. The first kappa shape index (κ1) is 21.8. The van der Waals surface area contributed by atoms with Crippen molar-refractivity contribution in [3.63, 3.8) is 0 Å². The Morgan fingerprint density at radius 1 is 1.06 bits per heavy atom. The number of nitriles is 1. The Labute approximate surface area is 189 Å². The van der Waals surface area contributed by atoms with Gasteiger partial charge in [-0.05, 0) is 36.4 Å². The van der Waals surface area contributed by atoms with Crippen LogP contribution in [0, 0.1) is 11.3 Å². The number of hydrogen-bond donors (Lipinski definition) is 2. The lowest BCUT2D eigenvalue weighted by Crippen LogP contribution is -2.34. The second-order valence-corrected chi connectivity index (χ2v) is 8.77.